The highest BCUT2D eigenvalue weighted by molar-refractivity contribution is 5.84. The summed E-state index contributed by atoms with van der Waals surface area (Å²) < 4.78 is 1.82. The third kappa shape index (κ3) is 2.91. The number of nitrogens with one attached hydrogen (secondary N) is 1. The number of carbonyl (C=O) groups is 1. The van der Waals surface area contributed by atoms with Gasteiger partial charge in [-0.2, -0.15) is 0 Å². The molecule has 1 saturated heterocycles. The molecule has 1 atom stereocenters. The van der Waals surface area contributed by atoms with Crippen LogP contribution in [0.25, 0.3) is 10.9 Å². The number of aryl methyl sites for hydroxylation is 1. The maximum Gasteiger partial charge on any atom is 0.223 e. The van der Waals surface area contributed by atoms with Gasteiger partial charge in [-0.15, -0.1) is 5.10 Å². The zero-order valence-electron chi connectivity index (χ0n) is 13.6. The van der Waals surface area contributed by atoms with Gasteiger partial charge in [0.2, 0.25) is 5.91 Å². The van der Waals surface area contributed by atoms with E-state index < -0.39 is 0 Å². The second kappa shape index (κ2) is 6.47. The highest BCUT2D eigenvalue weighted by atomic mass is 16.2. The molecule has 0 bridgehead atoms. The first-order valence-electron chi connectivity index (χ1n) is 8.50. The van der Waals surface area contributed by atoms with E-state index >= 15 is 0 Å². The van der Waals surface area contributed by atoms with Gasteiger partial charge < -0.3 is 9.88 Å². The van der Waals surface area contributed by atoms with Crippen LogP contribution in [0.2, 0.25) is 0 Å². The summed E-state index contributed by atoms with van der Waals surface area (Å²) in [5, 5.41) is 9.07. The van der Waals surface area contributed by atoms with Crippen molar-refractivity contribution in [2.75, 3.05) is 6.54 Å². The molecular weight excluding hydrogens is 302 g/mol. The van der Waals surface area contributed by atoms with Gasteiger partial charge in [-0.1, -0.05) is 23.4 Å². The number of hydrogen-bond donors (Lipinski definition) is 1. The van der Waals surface area contributed by atoms with Crippen LogP contribution in [0.5, 0.6) is 0 Å². The fourth-order valence-corrected chi connectivity index (χ4v) is 3.62. The summed E-state index contributed by atoms with van der Waals surface area (Å²) in [4.78, 5) is 18.0. The van der Waals surface area contributed by atoms with Crippen molar-refractivity contribution in [2.24, 2.45) is 0 Å². The van der Waals surface area contributed by atoms with Crippen molar-refractivity contribution in [2.45, 2.75) is 38.3 Å². The van der Waals surface area contributed by atoms with E-state index in [4.69, 9.17) is 0 Å². The fourth-order valence-electron chi connectivity index (χ4n) is 3.62. The quantitative estimate of drug-likeness (QED) is 0.784. The number of aromatic amines is 1. The Morgan fingerprint density at radius 1 is 1.33 bits per heavy atom. The summed E-state index contributed by atoms with van der Waals surface area (Å²) in [5.74, 6) is 0.239. The molecule has 24 heavy (non-hydrogen) atoms. The van der Waals surface area contributed by atoms with Gasteiger partial charge in [-0.05, 0) is 30.9 Å². The van der Waals surface area contributed by atoms with Crippen LogP contribution in [-0.4, -0.2) is 43.4 Å². The van der Waals surface area contributed by atoms with Crippen molar-refractivity contribution in [1.29, 1.82) is 0 Å². The number of fused-ring (bicyclic) bond motifs is 1. The molecule has 0 aliphatic carbocycles. The molecule has 3 aromatic rings. The monoisotopic (exact) mass is 323 g/mol. The number of amides is 1. The molecule has 124 valence electrons. The Labute approximate surface area is 140 Å². The first kappa shape index (κ1) is 14.9. The number of hydrogen-bond acceptors (Lipinski definition) is 3. The van der Waals surface area contributed by atoms with E-state index in [9.17, 15) is 4.79 Å². The molecule has 1 aliphatic rings. The van der Waals surface area contributed by atoms with Crippen LogP contribution in [0.4, 0.5) is 0 Å². The third-order valence-electron chi connectivity index (χ3n) is 4.85. The lowest BCUT2D eigenvalue weighted by Crippen LogP contribution is -2.38. The van der Waals surface area contributed by atoms with Gasteiger partial charge in [-0.25, -0.2) is 0 Å². The van der Waals surface area contributed by atoms with Gasteiger partial charge in [0.15, 0.2) is 0 Å². The topological polar surface area (TPSA) is 66.8 Å². The first-order chi connectivity index (χ1) is 11.8. The Morgan fingerprint density at radius 3 is 3.12 bits per heavy atom. The van der Waals surface area contributed by atoms with Gasteiger partial charge in [0.25, 0.3) is 0 Å². The number of nitrogens with zero attached hydrogens (tertiary/aromatic N) is 4. The molecule has 0 radical (unpaired) electrons. The van der Waals surface area contributed by atoms with E-state index in [1.54, 1.807) is 6.20 Å². The second-order valence-electron chi connectivity index (χ2n) is 6.37. The van der Waals surface area contributed by atoms with Crippen LogP contribution in [0.3, 0.4) is 0 Å². The van der Waals surface area contributed by atoms with Crippen LogP contribution in [-0.2, 0) is 17.8 Å². The zero-order chi connectivity index (χ0) is 16.4. The molecular formula is C18H21N5O. The average Bonchev–Trinajstić information content (AvgIpc) is 3.34. The maximum atomic E-state index is 12.7. The maximum absolute atomic E-state index is 12.7. The van der Waals surface area contributed by atoms with Crippen LogP contribution in [0, 0.1) is 0 Å². The van der Waals surface area contributed by atoms with Crippen molar-refractivity contribution in [3.63, 3.8) is 0 Å². The molecule has 0 spiro atoms. The zero-order valence-corrected chi connectivity index (χ0v) is 13.6. The minimum Gasteiger partial charge on any atom is -0.361 e. The predicted octanol–water partition coefficient (Wildman–Crippen LogP) is 2.38. The Hall–Kier alpha value is -2.63. The van der Waals surface area contributed by atoms with Crippen molar-refractivity contribution >= 4 is 16.8 Å². The molecule has 1 amide bonds. The van der Waals surface area contributed by atoms with Gasteiger partial charge in [0.05, 0.1) is 18.8 Å². The highest BCUT2D eigenvalue weighted by Gasteiger charge is 2.28. The molecule has 6 heteroatoms. The molecule has 2 aromatic heterocycles. The lowest BCUT2D eigenvalue weighted by molar-refractivity contribution is -0.132. The minimum atomic E-state index is 0.238. The molecule has 1 N–H and O–H groups in total. The Kier molecular flexibility index (Phi) is 4.02. The number of H-pyrrole nitrogens is 1. The number of benzene rings is 1. The highest BCUT2D eigenvalue weighted by Crippen LogP contribution is 2.22. The molecule has 1 aromatic carbocycles. The first-order valence-corrected chi connectivity index (χ1v) is 8.50. The van der Waals surface area contributed by atoms with Crippen molar-refractivity contribution in [1.82, 2.24) is 24.9 Å². The standard InChI is InChI=1S/C18H21N5O/c24-18(8-7-14-12-19-17-6-2-1-5-16(14)17)23-10-3-4-15(23)13-22-11-9-20-21-22/h1-2,5-6,9,11-12,15,19H,3-4,7-8,10,13H2/t15-/m0/s1. The number of rotatable bonds is 5. The summed E-state index contributed by atoms with van der Waals surface area (Å²) in [5.41, 5.74) is 2.34. The number of para-hydroxylation sites is 1. The molecule has 4 rings (SSSR count). The Morgan fingerprint density at radius 2 is 2.25 bits per heavy atom. The molecule has 0 unspecified atom stereocenters. The van der Waals surface area contributed by atoms with Crippen molar-refractivity contribution < 1.29 is 4.79 Å². The van der Waals surface area contributed by atoms with E-state index in [0.29, 0.717) is 6.42 Å². The molecule has 1 aliphatic heterocycles. The average molecular weight is 323 g/mol. The summed E-state index contributed by atoms with van der Waals surface area (Å²) in [6, 6.07) is 8.47. The molecule has 3 heterocycles. The smallest absolute Gasteiger partial charge is 0.223 e. The van der Waals surface area contributed by atoms with Crippen LogP contribution in [0.15, 0.2) is 42.9 Å². The lowest BCUT2D eigenvalue weighted by atomic mass is 10.1. The normalized spacial score (nSPS) is 17.7. The van der Waals surface area contributed by atoms with Crippen LogP contribution in [0.1, 0.15) is 24.8 Å². The summed E-state index contributed by atoms with van der Waals surface area (Å²) in [6.07, 6.45) is 8.99. The Balaban J connectivity index is 1.40. The third-order valence-corrected chi connectivity index (χ3v) is 4.85. The van der Waals surface area contributed by atoms with Gasteiger partial charge in [-0.3, -0.25) is 9.48 Å². The van der Waals surface area contributed by atoms with E-state index in [0.717, 1.165) is 37.9 Å². The van der Waals surface area contributed by atoms with Crippen molar-refractivity contribution in [3.8, 4) is 0 Å². The lowest BCUT2D eigenvalue weighted by Gasteiger charge is -2.24. The van der Waals surface area contributed by atoms with E-state index in [2.05, 4.69) is 27.4 Å². The minimum absolute atomic E-state index is 0.238. The fraction of sp³-hybridized carbons (Fsp3) is 0.389. The molecule has 6 nitrogen and oxygen atoms in total. The molecule has 0 saturated carbocycles. The van der Waals surface area contributed by atoms with Crippen LogP contribution < -0.4 is 0 Å². The number of likely N-dealkylation sites (tertiary alicyclic amines) is 1. The van der Waals surface area contributed by atoms with E-state index in [1.807, 2.05) is 34.1 Å². The number of aromatic nitrogens is 4. The second-order valence-corrected chi connectivity index (χ2v) is 6.37. The summed E-state index contributed by atoms with van der Waals surface area (Å²) in [6.45, 7) is 1.59. The van der Waals surface area contributed by atoms with Gasteiger partial charge in [0, 0.05) is 36.3 Å². The van der Waals surface area contributed by atoms with Crippen molar-refractivity contribution in [3.05, 3.63) is 48.4 Å². The van der Waals surface area contributed by atoms with E-state index in [1.165, 1.54) is 10.9 Å². The summed E-state index contributed by atoms with van der Waals surface area (Å²) in [7, 11) is 0. The predicted molar refractivity (Wildman–Crippen MR) is 91.4 cm³/mol. The number of carbonyl (C=O) groups excluding carboxylic acids is 1. The molecule has 1 fully saturated rings. The van der Waals surface area contributed by atoms with Gasteiger partial charge in [0.1, 0.15) is 0 Å². The summed E-state index contributed by atoms with van der Waals surface area (Å²) >= 11 is 0. The largest absolute Gasteiger partial charge is 0.361 e. The SMILES string of the molecule is O=C(CCc1c[nH]c2ccccc12)N1CCC[C@H]1Cn1ccnn1. The van der Waals surface area contributed by atoms with Crippen LogP contribution >= 0.6 is 0 Å². The Bertz CT molecular complexity index is 823. The van der Waals surface area contributed by atoms with E-state index in [-0.39, 0.29) is 11.9 Å². The van der Waals surface area contributed by atoms with Gasteiger partial charge >= 0.3 is 0 Å².